The average molecular weight is 402 g/mol. The molecule has 30 heavy (non-hydrogen) atoms. The van der Waals surface area contributed by atoms with Crippen molar-refractivity contribution in [3.05, 3.63) is 96.1 Å². The molecule has 0 spiro atoms. The van der Waals surface area contributed by atoms with Crippen molar-refractivity contribution in [1.82, 2.24) is 0 Å². The molecule has 1 fully saturated rings. The van der Waals surface area contributed by atoms with Crippen LogP contribution in [0.4, 0.5) is 0 Å². The Kier molecular flexibility index (Phi) is 6.78. The fourth-order valence-corrected chi connectivity index (χ4v) is 3.57. The van der Waals surface area contributed by atoms with Gasteiger partial charge in [-0.25, -0.2) is 0 Å². The first-order valence-corrected chi connectivity index (χ1v) is 10.4. The molecule has 0 bridgehead atoms. The molecule has 0 N–H and O–H groups in total. The van der Waals surface area contributed by atoms with Crippen LogP contribution in [0, 0.1) is 0 Å². The van der Waals surface area contributed by atoms with Crippen LogP contribution in [0.15, 0.2) is 84.9 Å². The van der Waals surface area contributed by atoms with Gasteiger partial charge in [-0.15, -0.1) is 0 Å². The van der Waals surface area contributed by atoms with E-state index in [1.165, 1.54) is 0 Å². The van der Waals surface area contributed by atoms with Crippen LogP contribution >= 0.6 is 0 Å². The maximum absolute atomic E-state index is 12.5. The van der Waals surface area contributed by atoms with E-state index < -0.39 is 6.10 Å². The van der Waals surface area contributed by atoms with E-state index >= 15 is 0 Å². The van der Waals surface area contributed by atoms with Crippen LogP contribution < -0.4 is 9.47 Å². The highest BCUT2D eigenvalue weighted by molar-refractivity contribution is 5.84. The van der Waals surface area contributed by atoms with Gasteiger partial charge in [0, 0.05) is 6.42 Å². The normalized spacial score (nSPS) is 18.7. The van der Waals surface area contributed by atoms with Crippen LogP contribution in [-0.2, 0) is 22.7 Å². The van der Waals surface area contributed by atoms with E-state index in [4.69, 9.17) is 14.2 Å². The van der Waals surface area contributed by atoms with Crippen molar-refractivity contribution in [3.8, 4) is 11.5 Å². The van der Waals surface area contributed by atoms with Crippen molar-refractivity contribution in [3.63, 3.8) is 0 Å². The van der Waals surface area contributed by atoms with Gasteiger partial charge in [-0.1, -0.05) is 60.7 Å². The van der Waals surface area contributed by atoms with E-state index in [0.717, 1.165) is 29.7 Å². The molecule has 0 radical (unpaired) electrons. The topological polar surface area (TPSA) is 44.8 Å². The van der Waals surface area contributed by atoms with Crippen LogP contribution in [0.2, 0.25) is 0 Å². The van der Waals surface area contributed by atoms with Gasteiger partial charge in [-0.3, -0.25) is 4.79 Å². The Morgan fingerprint density at radius 1 is 0.733 bits per heavy atom. The molecule has 0 heterocycles. The lowest BCUT2D eigenvalue weighted by Crippen LogP contribution is -2.43. The van der Waals surface area contributed by atoms with Crippen LogP contribution in [0.3, 0.4) is 0 Å². The Bertz CT molecular complexity index is 922. The number of rotatable bonds is 8. The van der Waals surface area contributed by atoms with Crippen molar-refractivity contribution in [2.24, 2.45) is 0 Å². The minimum Gasteiger partial charge on any atom is -0.489 e. The second-order valence-electron chi connectivity index (χ2n) is 7.48. The quantitative estimate of drug-likeness (QED) is 0.509. The van der Waals surface area contributed by atoms with Crippen LogP contribution in [0.1, 0.15) is 30.4 Å². The molecule has 4 nitrogen and oxygen atoms in total. The fraction of sp³-hybridized carbons (Fsp3) is 0.269. The van der Waals surface area contributed by atoms with E-state index in [0.29, 0.717) is 25.4 Å². The number of ketones is 1. The van der Waals surface area contributed by atoms with Crippen LogP contribution in [0.5, 0.6) is 11.5 Å². The molecule has 1 aliphatic carbocycles. The number of carbonyl (C=O) groups is 1. The van der Waals surface area contributed by atoms with Gasteiger partial charge in [0.1, 0.15) is 24.2 Å². The lowest BCUT2D eigenvalue weighted by Gasteiger charge is -2.30. The minimum absolute atomic E-state index is 0.101. The van der Waals surface area contributed by atoms with Crippen molar-refractivity contribution in [2.45, 2.75) is 44.7 Å². The predicted molar refractivity (Wildman–Crippen MR) is 116 cm³/mol. The number of carbonyl (C=O) groups excluding carboxylic acids is 1. The summed E-state index contributed by atoms with van der Waals surface area (Å²) in [5.74, 6) is 1.51. The van der Waals surface area contributed by atoms with Gasteiger partial charge in [-0.2, -0.15) is 0 Å². The van der Waals surface area contributed by atoms with Crippen LogP contribution in [0.25, 0.3) is 0 Å². The van der Waals surface area contributed by atoms with Crippen molar-refractivity contribution < 1.29 is 19.0 Å². The smallest absolute Gasteiger partial charge is 0.182 e. The number of Topliss-reactive ketones (excluding diaryl/α,β-unsaturated/α-hetero) is 1. The summed E-state index contributed by atoms with van der Waals surface area (Å²) in [6.45, 7) is 0.989. The molecule has 0 aromatic heterocycles. The van der Waals surface area contributed by atoms with Crippen LogP contribution in [-0.4, -0.2) is 18.0 Å². The summed E-state index contributed by atoms with van der Waals surface area (Å²) in [5, 5.41) is 0. The van der Waals surface area contributed by atoms with Gasteiger partial charge in [0.05, 0.1) is 6.61 Å². The van der Waals surface area contributed by atoms with Gasteiger partial charge < -0.3 is 14.2 Å². The third-order valence-electron chi connectivity index (χ3n) is 5.21. The van der Waals surface area contributed by atoms with Gasteiger partial charge in [0.15, 0.2) is 11.9 Å². The first-order chi connectivity index (χ1) is 14.8. The zero-order valence-corrected chi connectivity index (χ0v) is 16.9. The molecule has 1 saturated carbocycles. The summed E-state index contributed by atoms with van der Waals surface area (Å²) in [6.07, 6.45) is 1.39. The van der Waals surface area contributed by atoms with Gasteiger partial charge >= 0.3 is 0 Å². The lowest BCUT2D eigenvalue weighted by atomic mass is 9.93. The Morgan fingerprint density at radius 2 is 1.33 bits per heavy atom. The van der Waals surface area contributed by atoms with E-state index in [1.54, 1.807) is 0 Å². The maximum Gasteiger partial charge on any atom is 0.182 e. The summed E-state index contributed by atoms with van der Waals surface area (Å²) in [7, 11) is 0. The largest absolute Gasteiger partial charge is 0.489 e. The van der Waals surface area contributed by atoms with Gasteiger partial charge in [0.25, 0.3) is 0 Å². The van der Waals surface area contributed by atoms with E-state index in [9.17, 15) is 4.79 Å². The molecule has 4 rings (SSSR count). The molecular weight excluding hydrogens is 376 g/mol. The van der Waals surface area contributed by atoms with Crippen molar-refractivity contribution in [1.29, 1.82) is 0 Å². The molecule has 1 aliphatic rings. The first kappa shape index (κ1) is 20.2. The maximum atomic E-state index is 12.5. The highest BCUT2D eigenvalue weighted by Crippen LogP contribution is 2.26. The summed E-state index contributed by atoms with van der Waals surface area (Å²) >= 11 is 0. The third-order valence-corrected chi connectivity index (χ3v) is 5.21. The third kappa shape index (κ3) is 5.49. The zero-order chi connectivity index (χ0) is 20.6. The van der Waals surface area contributed by atoms with Crippen molar-refractivity contribution >= 4 is 5.78 Å². The second kappa shape index (κ2) is 10.1. The minimum atomic E-state index is -0.571. The Morgan fingerprint density at radius 3 is 2.00 bits per heavy atom. The molecule has 0 saturated heterocycles. The van der Waals surface area contributed by atoms with E-state index in [-0.39, 0.29) is 11.9 Å². The number of benzene rings is 3. The highest BCUT2D eigenvalue weighted by Gasteiger charge is 2.34. The fourth-order valence-electron chi connectivity index (χ4n) is 3.57. The Hall–Kier alpha value is -3.11. The molecule has 2 unspecified atom stereocenters. The lowest BCUT2D eigenvalue weighted by molar-refractivity contribution is -0.139. The summed E-state index contributed by atoms with van der Waals surface area (Å²) in [5.41, 5.74) is 2.21. The summed E-state index contributed by atoms with van der Waals surface area (Å²) in [6, 6.07) is 27.4. The van der Waals surface area contributed by atoms with E-state index in [1.807, 2.05) is 84.9 Å². The summed E-state index contributed by atoms with van der Waals surface area (Å²) in [4.78, 5) is 12.5. The highest BCUT2D eigenvalue weighted by atomic mass is 16.5. The average Bonchev–Trinajstić information content (AvgIpc) is 2.80. The standard InChI is InChI=1S/C26H26O4/c27-24-12-7-13-25(29-19-21-10-5-2-6-11-21)26(24)30-23-16-14-22(15-17-23)28-18-20-8-3-1-4-9-20/h1-6,8-11,14-17,25-26H,7,12-13,18-19H2. The molecule has 3 aromatic rings. The van der Waals surface area contributed by atoms with Gasteiger partial charge in [-0.05, 0) is 48.2 Å². The van der Waals surface area contributed by atoms with Crippen molar-refractivity contribution in [2.75, 3.05) is 0 Å². The van der Waals surface area contributed by atoms with E-state index in [2.05, 4.69) is 0 Å². The predicted octanol–water partition coefficient (Wildman–Crippen LogP) is 5.35. The molecule has 4 heteroatoms. The SMILES string of the molecule is O=C1CCCC(OCc2ccccc2)C1Oc1ccc(OCc2ccccc2)cc1. The second-order valence-corrected chi connectivity index (χ2v) is 7.48. The Labute approximate surface area is 177 Å². The monoisotopic (exact) mass is 402 g/mol. The molecular formula is C26H26O4. The molecule has 0 amide bonds. The molecule has 154 valence electrons. The van der Waals surface area contributed by atoms with Gasteiger partial charge in [0.2, 0.25) is 0 Å². The first-order valence-electron chi connectivity index (χ1n) is 10.4. The molecule has 0 aliphatic heterocycles. The number of ether oxygens (including phenoxy) is 3. The number of hydrogen-bond donors (Lipinski definition) is 0. The zero-order valence-electron chi connectivity index (χ0n) is 16.9. The summed E-state index contributed by atoms with van der Waals surface area (Å²) < 4.78 is 17.9. The number of hydrogen-bond acceptors (Lipinski definition) is 4. The molecule has 2 atom stereocenters. The Balaban J connectivity index is 1.35. The molecule has 3 aromatic carbocycles.